The van der Waals surface area contributed by atoms with Crippen molar-refractivity contribution < 1.29 is 29.0 Å². The molecule has 20 heavy (non-hydrogen) atoms. The van der Waals surface area contributed by atoms with E-state index in [2.05, 4.69) is 11.6 Å². The second kappa shape index (κ2) is 7.16. The third kappa shape index (κ3) is 3.88. The zero-order chi connectivity index (χ0) is 15.2. The fourth-order valence-electron chi connectivity index (χ4n) is 2.45. The fourth-order valence-corrected chi connectivity index (χ4v) is 2.45. The Bertz CT molecular complexity index is 421. The number of amidine groups is 1. The maximum atomic E-state index is 10.8. The largest absolute Gasteiger partial charge is 0.481 e. The van der Waals surface area contributed by atoms with Crippen LogP contribution in [-0.2, 0) is 14.3 Å². The van der Waals surface area contributed by atoms with Gasteiger partial charge in [0.2, 0.25) is 5.84 Å². The average molecular weight is 285 g/mol. The number of carboxylic acid groups (broad SMARTS) is 2. The molecule has 1 aliphatic rings. The lowest BCUT2D eigenvalue weighted by Gasteiger charge is -2.38. The maximum absolute atomic E-state index is 10.8. The Morgan fingerprint density at radius 3 is 2.75 bits per heavy atom. The van der Waals surface area contributed by atoms with Crippen molar-refractivity contribution in [1.29, 1.82) is 0 Å². The van der Waals surface area contributed by atoms with Gasteiger partial charge < -0.3 is 14.9 Å². The number of carbonyl (C=O) groups is 2. The highest BCUT2D eigenvalue weighted by molar-refractivity contribution is 5.78. The first-order chi connectivity index (χ1) is 9.42. The summed E-state index contributed by atoms with van der Waals surface area (Å²) in [6.07, 6.45) is 1.78. The molecule has 1 heterocycles. The number of nitrogens with zero attached hydrogens (tertiary/aromatic N) is 2. The molecule has 0 radical (unpaired) electrons. The van der Waals surface area contributed by atoms with Crippen molar-refractivity contribution in [3.63, 3.8) is 0 Å². The van der Waals surface area contributed by atoms with Gasteiger partial charge in [0, 0.05) is 6.92 Å². The number of aliphatic carboxylic acids is 2. The monoisotopic (exact) mass is 285 g/mol. The minimum Gasteiger partial charge on any atom is -0.481 e. The molecule has 2 atom stereocenters. The van der Waals surface area contributed by atoms with Gasteiger partial charge >= 0.3 is 11.9 Å². The molecule has 2 N–H and O–H groups in total. The van der Waals surface area contributed by atoms with Crippen LogP contribution in [0.2, 0.25) is 0 Å². The number of quaternary nitrogens is 1. The Morgan fingerprint density at radius 2 is 2.20 bits per heavy atom. The zero-order valence-corrected chi connectivity index (χ0v) is 11.6. The van der Waals surface area contributed by atoms with Gasteiger partial charge in [-0.1, -0.05) is 6.08 Å². The van der Waals surface area contributed by atoms with Crippen molar-refractivity contribution in [2.24, 2.45) is 4.99 Å². The van der Waals surface area contributed by atoms with Crippen LogP contribution in [0, 0.1) is 0 Å². The van der Waals surface area contributed by atoms with Gasteiger partial charge in [-0.15, -0.1) is 6.58 Å². The molecule has 0 aromatic carbocycles. The van der Waals surface area contributed by atoms with Crippen molar-refractivity contribution in [2.75, 3.05) is 26.2 Å². The molecule has 0 bridgehead atoms. The second-order valence-corrected chi connectivity index (χ2v) is 4.72. The summed E-state index contributed by atoms with van der Waals surface area (Å²) in [6.45, 7) is 6.57. The van der Waals surface area contributed by atoms with Crippen molar-refractivity contribution in [2.45, 2.75) is 26.0 Å². The lowest BCUT2D eigenvalue weighted by molar-refractivity contribution is -0.884. The molecule has 7 nitrogen and oxygen atoms in total. The number of hydrogen-bond acceptors (Lipinski definition) is 4. The van der Waals surface area contributed by atoms with Crippen LogP contribution in [-0.4, -0.2) is 64.9 Å². The summed E-state index contributed by atoms with van der Waals surface area (Å²) in [5.41, 5.74) is 0. The molecular weight excluding hydrogens is 264 g/mol. The SMILES string of the molecule is C=CCC1=NCC[N+]1(CCC(=O)O)C(C)OCC(=O)O. The Hall–Kier alpha value is -1.73. The smallest absolute Gasteiger partial charge is 0.329 e. The van der Waals surface area contributed by atoms with E-state index in [0.29, 0.717) is 26.1 Å². The van der Waals surface area contributed by atoms with E-state index in [1.54, 1.807) is 13.0 Å². The average Bonchev–Trinajstić information content (AvgIpc) is 2.78. The molecule has 7 heteroatoms. The van der Waals surface area contributed by atoms with E-state index in [1.807, 2.05) is 0 Å². The summed E-state index contributed by atoms with van der Waals surface area (Å²) in [6, 6.07) is 0. The maximum Gasteiger partial charge on any atom is 0.329 e. The Kier molecular flexibility index (Phi) is 5.84. The first kappa shape index (κ1) is 16.3. The molecular formula is C13H21N2O5+. The van der Waals surface area contributed by atoms with Crippen LogP contribution in [0.5, 0.6) is 0 Å². The molecule has 0 fully saturated rings. The third-order valence-electron chi connectivity index (χ3n) is 3.50. The lowest BCUT2D eigenvalue weighted by Crippen LogP contribution is -2.58. The molecule has 1 aliphatic heterocycles. The third-order valence-corrected chi connectivity index (χ3v) is 3.50. The van der Waals surface area contributed by atoms with Crippen molar-refractivity contribution in [3.8, 4) is 0 Å². The minimum atomic E-state index is -1.05. The highest BCUT2D eigenvalue weighted by atomic mass is 16.5. The first-order valence-corrected chi connectivity index (χ1v) is 6.49. The Morgan fingerprint density at radius 1 is 1.50 bits per heavy atom. The summed E-state index contributed by atoms with van der Waals surface area (Å²) < 4.78 is 5.63. The molecule has 0 aliphatic carbocycles. The van der Waals surface area contributed by atoms with Gasteiger partial charge in [-0.05, 0) is 0 Å². The summed E-state index contributed by atoms with van der Waals surface area (Å²) in [4.78, 5) is 25.9. The Balaban J connectivity index is 2.88. The first-order valence-electron chi connectivity index (χ1n) is 6.49. The quantitative estimate of drug-likeness (QED) is 0.480. The van der Waals surface area contributed by atoms with E-state index in [1.165, 1.54) is 0 Å². The van der Waals surface area contributed by atoms with Crippen molar-refractivity contribution in [3.05, 3.63) is 12.7 Å². The number of ether oxygens (including phenoxy) is 1. The highest BCUT2D eigenvalue weighted by Crippen LogP contribution is 2.24. The molecule has 0 saturated heterocycles. The number of rotatable bonds is 9. The van der Waals surface area contributed by atoms with E-state index < -0.39 is 24.8 Å². The fraction of sp³-hybridized carbons (Fsp3) is 0.615. The van der Waals surface area contributed by atoms with Gasteiger partial charge in [0.05, 0.1) is 25.9 Å². The minimum absolute atomic E-state index is 0.0169. The van der Waals surface area contributed by atoms with E-state index in [0.717, 1.165) is 5.84 Å². The number of hydrogen-bond donors (Lipinski definition) is 2. The molecule has 2 unspecified atom stereocenters. The van der Waals surface area contributed by atoms with Gasteiger partial charge in [0.15, 0.2) is 12.8 Å². The van der Waals surface area contributed by atoms with Crippen LogP contribution in [0.25, 0.3) is 0 Å². The molecule has 0 spiro atoms. The van der Waals surface area contributed by atoms with Gasteiger partial charge in [-0.2, -0.15) is 0 Å². The van der Waals surface area contributed by atoms with E-state index in [-0.39, 0.29) is 10.9 Å². The lowest BCUT2D eigenvalue weighted by atomic mass is 10.2. The highest BCUT2D eigenvalue weighted by Gasteiger charge is 2.43. The molecule has 1 rings (SSSR count). The van der Waals surface area contributed by atoms with Crippen LogP contribution in [0.15, 0.2) is 17.6 Å². The summed E-state index contributed by atoms with van der Waals surface area (Å²) in [5.74, 6) is -1.13. The molecule has 0 saturated carbocycles. The number of carboxylic acids is 2. The van der Waals surface area contributed by atoms with Crippen molar-refractivity contribution in [1.82, 2.24) is 0 Å². The molecule has 112 valence electrons. The zero-order valence-electron chi connectivity index (χ0n) is 11.6. The van der Waals surface area contributed by atoms with Crippen LogP contribution in [0.3, 0.4) is 0 Å². The van der Waals surface area contributed by atoms with Gasteiger partial charge in [-0.25, -0.2) is 9.79 Å². The predicted octanol–water partition coefficient (Wildman–Crippen LogP) is 0.713. The molecule has 0 aromatic heterocycles. The topological polar surface area (TPSA) is 96.2 Å². The van der Waals surface area contributed by atoms with Gasteiger partial charge in [-0.3, -0.25) is 9.28 Å². The van der Waals surface area contributed by atoms with Gasteiger partial charge in [0.1, 0.15) is 6.54 Å². The molecule has 0 aromatic rings. The van der Waals surface area contributed by atoms with Crippen molar-refractivity contribution >= 4 is 17.8 Å². The Labute approximate surface area is 117 Å². The standard InChI is InChI=1S/C13H20N2O5/c1-3-4-11-14-6-8-15(11,7-5-12(16)17)10(2)20-9-13(18)19/h3,10H,1,4-9H2,2H3,(H-,16,17,18,19)/p+1. The normalized spacial score (nSPS) is 23.1. The number of aliphatic imine (C=N–C) groups is 1. The van der Waals surface area contributed by atoms with Crippen LogP contribution in [0.1, 0.15) is 19.8 Å². The predicted molar refractivity (Wildman–Crippen MR) is 72.4 cm³/mol. The van der Waals surface area contributed by atoms with Crippen LogP contribution < -0.4 is 0 Å². The van der Waals surface area contributed by atoms with E-state index in [4.69, 9.17) is 14.9 Å². The van der Waals surface area contributed by atoms with Crippen LogP contribution >= 0.6 is 0 Å². The summed E-state index contributed by atoms with van der Waals surface area (Å²) in [7, 11) is 0. The van der Waals surface area contributed by atoms with Gasteiger partial charge in [0.25, 0.3) is 0 Å². The second-order valence-electron chi connectivity index (χ2n) is 4.72. The summed E-state index contributed by atoms with van der Waals surface area (Å²) in [5, 5.41) is 17.6. The summed E-state index contributed by atoms with van der Waals surface area (Å²) >= 11 is 0. The molecule has 0 amide bonds. The van der Waals surface area contributed by atoms with E-state index in [9.17, 15) is 9.59 Å². The van der Waals surface area contributed by atoms with E-state index >= 15 is 0 Å². The van der Waals surface area contributed by atoms with Crippen LogP contribution in [0.4, 0.5) is 0 Å².